The van der Waals surface area contributed by atoms with Crippen LogP contribution in [0.2, 0.25) is 0 Å². The topological polar surface area (TPSA) is 17.1 Å². The second kappa shape index (κ2) is 5.45. The molecule has 1 heteroatoms. The molecule has 1 nitrogen and oxygen atoms in total. The van der Waals surface area contributed by atoms with Crippen LogP contribution in [0.5, 0.6) is 0 Å². The Labute approximate surface area is 63.8 Å². The Morgan fingerprint density at radius 1 is 1.40 bits per heavy atom. The van der Waals surface area contributed by atoms with Gasteiger partial charge in [-0.3, -0.25) is 4.79 Å². The van der Waals surface area contributed by atoms with Gasteiger partial charge in [-0.05, 0) is 12.3 Å². The van der Waals surface area contributed by atoms with Gasteiger partial charge in [0.05, 0.1) is 0 Å². The molecule has 0 spiro atoms. The number of hydrogen-bond acceptors (Lipinski definition) is 1. The molecule has 60 valence electrons. The molecule has 0 aromatic carbocycles. The van der Waals surface area contributed by atoms with E-state index in [0.717, 1.165) is 25.7 Å². The predicted molar refractivity (Wildman–Crippen MR) is 44.0 cm³/mol. The van der Waals surface area contributed by atoms with E-state index in [1.54, 1.807) is 0 Å². The van der Waals surface area contributed by atoms with E-state index in [1.807, 2.05) is 0 Å². The Morgan fingerprint density at radius 3 is 2.40 bits per heavy atom. The highest BCUT2D eigenvalue weighted by molar-refractivity contribution is 5.78. The minimum Gasteiger partial charge on any atom is -0.300 e. The second-order valence-electron chi connectivity index (χ2n) is 3.24. The van der Waals surface area contributed by atoms with Crippen molar-refractivity contribution in [2.45, 2.75) is 46.5 Å². The van der Waals surface area contributed by atoms with Crippen LogP contribution in [0.4, 0.5) is 0 Å². The van der Waals surface area contributed by atoms with Crippen molar-refractivity contribution >= 4 is 5.78 Å². The molecule has 0 atom stereocenters. The normalized spacial score (nSPS) is 10.4. The summed E-state index contributed by atoms with van der Waals surface area (Å²) >= 11 is 0. The fourth-order valence-electron chi connectivity index (χ4n) is 0.931. The lowest BCUT2D eigenvalue weighted by Crippen LogP contribution is -2.01. The quantitative estimate of drug-likeness (QED) is 0.577. The van der Waals surface area contributed by atoms with Crippen molar-refractivity contribution in [2.24, 2.45) is 5.92 Å². The van der Waals surface area contributed by atoms with Gasteiger partial charge in [-0.2, -0.15) is 0 Å². The summed E-state index contributed by atoms with van der Waals surface area (Å²) in [6.07, 6.45) is 3.74. The van der Waals surface area contributed by atoms with E-state index in [1.165, 1.54) is 0 Å². The van der Waals surface area contributed by atoms with E-state index in [0.29, 0.717) is 11.7 Å². The smallest absolute Gasteiger partial charge is 0.133 e. The van der Waals surface area contributed by atoms with Gasteiger partial charge >= 0.3 is 0 Å². The van der Waals surface area contributed by atoms with Gasteiger partial charge < -0.3 is 0 Å². The van der Waals surface area contributed by atoms with Crippen molar-refractivity contribution in [2.75, 3.05) is 0 Å². The molecule has 0 amide bonds. The number of Topliss-reactive ketones (excluding diaryl/α,β-unsaturated/α-hetero) is 1. The molecule has 0 bridgehead atoms. The summed E-state index contributed by atoms with van der Waals surface area (Å²) in [5.41, 5.74) is 0. The zero-order chi connectivity index (χ0) is 7.98. The van der Waals surface area contributed by atoms with Crippen molar-refractivity contribution in [1.29, 1.82) is 0 Å². The zero-order valence-corrected chi connectivity index (χ0v) is 7.31. The number of unbranched alkanes of at least 4 members (excludes halogenated alkanes) is 1. The molecule has 0 aliphatic rings. The lowest BCUT2D eigenvalue weighted by Gasteiger charge is -2.01. The van der Waals surface area contributed by atoms with Crippen LogP contribution in [0.15, 0.2) is 0 Å². The Bertz CT molecular complexity index is 94.9. The minimum atomic E-state index is 0.428. The van der Waals surface area contributed by atoms with Gasteiger partial charge in [0.1, 0.15) is 5.78 Å². The summed E-state index contributed by atoms with van der Waals surface area (Å²) in [5.74, 6) is 0.959. The highest BCUT2D eigenvalue weighted by Gasteiger charge is 2.02. The molecular formula is C9H18O. The van der Waals surface area contributed by atoms with E-state index in [2.05, 4.69) is 20.8 Å². The molecule has 0 radical (unpaired) electrons. The molecule has 0 saturated heterocycles. The Kier molecular flexibility index (Phi) is 5.27. The Hall–Kier alpha value is -0.330. The molecule has 0 aliphatic heterocycles. The van der Waals surface area contributed by atoms with Crippen molar-refractivity contribution < 1.29 is 4.79 Å². The van der Waals surface area contributed by atoms with Crippen molar-refractivity contribution in [3.8, 4) is 0 Å². The molecule has 0 rings (SSSR count). The first kappa shape index (κ1) is 9.67. The molecule has 0 heterocycles. The number of carbonyl (C=O) groups is 1. The van der Waals surface area contributed by atoms with Crippen LogP contribution in [0.1, 0.15) is 46.5 Å². The average molecular weight is 142 g/mol. The molecule has 0 aromatic rings. The van der Waals surface area contributed by atoms with Crippen molar-refractivity contribution in [1.82, 2.24) is 0 Å². The van der Waals surface area contributed by atoms with Crippen molar-refractivity contribution in [3.63, 3.8) is 0 Å². The number of carbonyl (C=O) groups excluding carboxylic acids is 1. The van der Waals surface area contributed by atoms with Crippen LogP contribution in [0.3, 0.4) is 0 Å². The van der Waals surface area contributed by atoms with E-state index >= 15 is 0 Å². The lowest BCUT2D eigenvalue weighted by molar-refractivity contribution is -0.119. The van der Waals surface area contributed by atoms with E-state index in [9.17, 15) is 4.79 Å². The molecule has 0 aliphatic carbocycles. The third-order valence-corrected chi connectivity index (χ3v) is 1.45. The predicted octanol–water partition coefficient (Wildman–Crippen LogP) is 2.79. The summed E-state index contributed by atoms with van der Waals surface area (Å²) in [5, 5.41) is 0. The summed E-state index contributed by atoms with van der Waals surface area (Å²) in [6.45, 7) is 6.29. The summed E-state index contributed by atoms with van der Waals surface area (Å²) in [6, 6.07) is 0. The zero-order valence-electron chi connectivity index (χ0n) is 7.31. The first-order chi connectivity index (χ1) is 4.66. The fourth-order valence-corrected chi connectivity index (χ4v) is 0.931. The van der Waals surface area contributed by atoms with Crippen molar-refractivity contribution in [3.05, 3.63) is 0 Å². The highest BCUT2D eigenvalue weighted by atomic mass is 16.1. The third kappa shape index (κ3) is 5.80. The largest absolute Gasteiger partial charge is 0.300 e. The highest BCUT2D eigenvalue weighted by Crippen LogP contribution is 2.05. The molecule has 0 fully saturated rings. The van der Waals surface area contributed by atoms with E-state index in [-0.39, 0.29) is 0 Å². The Balaban J connectivity index is 3.26. The monoisotopic (exact) mass is 142 g/mol. The molecule has 10 heavy (non-hydrogen) atoms. The lowest BCUT2D eigenvalue weighted by atomic mass is 10.0. The average Bonchev–Trinajstić information content (AvgIpc) is 1.82. The summed E-state index contributed by atoms with van der Waals surface area (Å²) < 4.78 is 0. The van der Waals surface area contributed by atoms with Gasteiger partial charge in [-0.25, -0.2) is 0 Å². The first-order valence-electron chi connectivity index (χ1n) is 4.18. The minimum absolute atomic E-state index is 0.428. The third-order valence-electron chi connectivity index (χ3n) is 1.45. The maximum atomic E-state index is 11.0. The van der Waals surface area contributed by atoms with E-state index in [4.69, 9.17) is 0 Å². The van der Waals surface area contributed by atoms with Crippen LogP contribution in [-0.4, -0.2) is 5.78 Å². The fraction of sp³-hybridized carbons (Fsp3) is 0.889. The van der Waals surface area contributed by atoms with Crippen LogP contribution in [-0.2, 0) is 4.79 Å². The van der Waals surface area contributed by atoms with Gasteiger partial charge in [-0.15, -0.1) is 0 Å². The van der Waals surface area contributed by atoms with Gasteiger partial charge in [0.15, 0.2) is 0 Å². The first-order valence-corrected chi connectivity index (χ1v) is 4.18. The number of hydrogen-bond donors (Lipinski definition) is 0. The molecule has 0 aromatic heterocycles. The molecule has 0 saturated carbocycles. The molecular weight excluding hydrogens is 124 g/mol. The molecule has 0 N–H and O–H groups in total. The van der Waals surface area contributed by atoms with Gasteiger partial charge in [-0.1, -0.05) is 27.2 Å². The summed E-state index contributed by atoms with van der Waals surface area (Å²) in [4.78, 5) is 11.0. The van der Waals surface area contributed by atoms with Crippen LogP contribution >= 0.6 is 0 Å². The van der Waals surface area contributed by atoms with Crippen LogP contribution in [0.25, 0.3) is 0 Å². The van der Waals surface area contributed by atoms with Gasteiger partial charge in [0, 0.05) is 12.8 Å². The number of ketones is 1. The molecule has 0 unspecified atom stereocenters. The van der Waals surface area contributed by atoms with E-state index < -0.39 is 0 Å². The number of rotatable bonds is 5. The Morgan fingerprint density at radius 2 is 2.00 bits per heavy atom. The van der Waals surface area contributed by atoms with Crippen LogP contribution in [0, 0.1) is 5.92 Å². The standard InChI is InChI=1S/C9H18O/c1-4-5-6-9(10)7-8(2)3/h8H,4-7H2,1-3H3. The summed E-state index contributed by atoms with van der Waals surface area (Å²) in [7, 11) is 0. The van der Waals surface area contributed by atoms with Crippen LogP contribution < -0.4 is 0 Å². The van der Waals surface area contributed by atoms with Gasteiger partial charge in [0.25, 0.3) is 0 Å². The van der Waals surface area contributed by atoms with Gasteiger partial charge in [0.2, 0.25) is 0 Å². The second-order valence-corrected chi connectivity index (χ2v) is 3.24. The maximum absolute atomic E-state index is 11.0. The maximum Gasteiger partial charge on any atom is 0.133 e. The SMILES string of the molecule is CCCCC(=O)CC(C)C.